The monoisotopic (exact) mass is 570 g/mol. The van der Waals surface area contributed by atoms with Crippen LogP contribution in [0.15, 0.2) is 11.9 Å². The van der Waals surface area contributed by atoms with Crippen LogP contribution in [-0.2, 0) is 43.5 Å². The molecule has 6 atom stereocenters. The fourth-order valence-electron chi connectivity index (χ4n) is 4.17. The number of hydrogen-bond acceptors (Lipinski definition) is 10. The van der Waals surface area contributed by atoms with Crippen LogP contribution in [-0.4, -0.2) is 75.7 Å². The lowest BCUT2D eigenvalue weighted by atomic mass is 9.94. The first-order valence-electron chi connectivity index (χ1n) is 12.4. The van der Waals surface area contributed by atoms with Crippen molar-refractivity contribution in [3.05, 3.63) is 22.0 Å². The molecular weight excluding hydrogens is 527 g/mol. The van der Waals surface area contributed by atoms with Crippen LogP contribution in [0.25, 0.3) is 0 Å². The number of rotatable bonds is 13. The van der Waals surface area contributed by atoms with Gasteiger partial charge in [0, 0.05) is 16.7 Å². The third-order valence-electron chi connectivity index (χ3n) is 5.83. The Morgan fingerprint density at radius 1 is 1.16 bits per heavy atom. The van der Waals surface area contributed by atoms with Gasteiger partial charge in [0.25, 0.3) is 0 Å². The summed E-state index contributed by atoms with van der Waals surface area (Å²) in [5.41, 5.74) is 0. The summed E-state index contributed by atoms with van der Waals surface area (Å²) in [6, 6.07) is -2.61. The van der Waals surface area contributed by atoms with E-state index in [-0.39, 0.29) is 31.6 Å². The Balaban J connectivity index is 2.51. The molecule has 12 nitrogen and oxygen atoms in total. The summed E-state index contributed by atoms with van der Waals surface area (Å²) in [5.74, 6) is -1.99. The van der Waals surface area contributed by atoms with E-state index < -0.39 is 70.2 Å². The molecule has 2 heterocycles. The van der Waals surface area contributed by atoms with Crippen LogP contribution in [0.1, 0.15) is 68.7 Å². The van der Waals surface area contributed by atoms with Crippen molar-refractivity contribution >= 4 is 18.6 Å². The number of nitrogens with one attached hydrogen (secondary N) is 1. The molecule has 14 heteroatoms. The van der Waals surface area contributed by atoms with Crippen LogP contribution in [0.4, 0.5) is 0 Å². The molecule has 0 unspecified atom stereocenters. The van der Waals surface area contributed by atoms with E-state index in [9.17, 15) is 18.9 Å². The van der Waals surface area contributed by atoms with Crippen molar-refractivity contribution in [3.63, 3.8) is 0 Å². The highest BCUT2D eigenvalue weighted by molar-refractivity contribution is 7.84. The van der Waals surface area contributed by atoms with Crippen LogP contribution < -0.4 is 4.72 Å². The van der Waals surface area contributed by atoms with Gasteiger partial charge in [0.1, 0.15) is 24.4 Å². The van der Waals surface area contributed by atoms with Gasteiger partial charge in [0.05, 0.1) is 35.6 Å². The van der Waals surface area contributed by atoms with Gasteiger partial charge in [0.15, 0.2) is 11.6 Å². The van der Waals surface area contributed by atoms with Gasteiger partial charge in [-0.25, -0.2) is 8.93 Å². The summed E-state index contributed by atoms with van der Waals surface area (Å²) in [6.45, 7) is 19.6. The van der Waals surface area contributed by atoms with Gasteiger partial charge in [0.2, 0.25) is 6.04 Å². The smallest absolute Gasteiger partial charge is 0.348 e. The van der Waals surface area contributed by atoms with E-state index in [2.05, 4.69) is 11.3 Å². The van der Waals surface area contributed by atoms with Crippen LogP contribution in [0, 0.1) is 10.1 Å². The van der Waals surface area contributed by atoms with Gasteiger partial charge in [-0.15, -0.1) is 0 Å². The molecule has 0 radical (unpaired) electrons. The molecule has 216 valence electrons. The summed E-state index contributed by atoms with van der Waals surface area (Å²) in [4.78, 5) is 12.0. The summed E-state index contributed by atoms with van der Waals surface area (Å²) < 4.78 is 63.5. The lowest BCUT2D eigenvalue weighted by Crippen LogP contribution is -2.59. The molecule has 0 aromatic heterocycles. The van der Waals surface area contributed by atoms with E-state index >= 15 is 0 Å². The van der Waals surface area contributed by atoms with Crippen LogP contribution >= 0.6 is 7.60 Å². The Hall–Kier alpha value is -0.760. The zero-order valence-electron chi connectivity index (χ0n) is 23.3. The summed E-state index contributed by atoms with van der Waals surface area (Å²) >= 11 is 0. The van der Waals surface area contributed by atoms with Gasteiger partial charge >= 0.3 is 7.60 Å². The van der Waals surface area contributed by atoms with Gasteiger partial charge < -0.3 is 28.0 Å². The Bertz CT molecular complexity index is 896. The van der Waals surface area contributed by atoms with E-state index in [1.54, 1.807) is 62.3 Å². The summed E-state index contributed by atoms with van der Waals surface area (Å²) in [5, 5.41) is 12.4. The predicted molar refractivity (Wildman–Crippen MR) is 139 cm³/mol. The first-order valence-corrected chi connectivity index (χ1v) is 15.1. The average Bonchev–Trinajstić information content (AvgIpc) is 3.27. The van der Waals surface area contributed by atoms with Crippen molar-refractivity contribution in [2.45, 2.75) is 115 Å². The summed E-state index contributed by atoms with van der Waals surface area (Å²) in [6.07, 6.45) is -2.72. The minimum absolute atomic E-state index is 0.0532. The first-order chi connectivity index (χ1) is 16.9. The van der Waals surface area contributed by atoms with Crippen molar-refractivity contribution in [3.8, 4) is 0 Å². The standard InChI is InChI=1S/C23H43N2O10PS/c1-11-31-36(28,32-12-2)15(3)13-16(25(26)27)18(24-37(29)21(4,5)6)20-19(34-23(9,10)35-20)17-14-30-22(7,8)33-17/h16-20,24H,3,11-14H2,1-2,4-10H3/t16-,17-,18-,19-,20-,37-/m1/s1. The van der Waals surface area contributed by atoms with Gasteiger partial charge in [-0.2, -0.15) is 0 Å². The molecule has 2 fully saturated rings. The maximum Gasteiger partial charge on any atom is 0.356 e. The van der Waals surface area contributed by atoms with Gasteiger partial charge in [-0.1, -0.05) is 6.58 Å². The van der Waals surface area contributed by atoms with Gasteiger partial charge in [-0.3, -0.25) is 14.7 Å². The van der Waals surface area contributed by atoms with Crippen LogP contribution in [0.5, 0.6) is 0 Å². The quantitative estimate of drug-likeness (QED) is 0.197. The van der Waals surface area contributed by atoms with Crippen LogP contribution in [0.3, 0.4) is 0 Å². The minimum Gasteiger partial charge on any atom is -0.348 e. The molecule has 2 rings (SSSR count). The number of ether oxygens (including phenoxy) is 4. The Labute approximate surface area is 222 Å². The lowest BCUT2D eigenvalue weighted by molar-refractivity contribution is -0.528. The van der Waals surface area contributed by atoms with Crippen molar-refractivity contribution in [2.24, 2.45) is 0 Å². The lowest BCUT2D eigenvalue weighted by Gasteiger charge is -2.33. The molecule has 0 amide bonds. The van der Waals surface area contributed by atoms with E-state index in [1.807, 2.05) is 0 Å². The fourth-order valence-corrected chi connectivity index (χ4v) is 6.59. The van der Waals surface area contributed by atoms with E-state index in [0.717, 1.165) is 0 Å². The molecule has 2 aliphatic heterocycles. The maximum absolute atomic E-state index is 13.3. The largest absolute Gasteiger partial charge is 0.356 e. The fraction of sp³-hybridized carbons (Fsp3) is 0.913. The topological polar surface area (TPSA) is 145 Å². The second-order valence-electron chi connectivity index (χ2n) is 10.9. The number of nitrogens with zero attached hydrogens (tertiary/aromatic N) is 1. The minimum atomic E-state index is -3.84. The molecule has 0 aromatic rings. The van der Waals surface area contributed by atoms with E-state index in [0.29, 0.717) is 0 Å². The van der Waals surface area contributed by atoms with Crippen molar-refractivity contribution in [1.29, 1.82) is 0 Å². The zero-order chi connectivity index (χ0) is 28.4. The second kappa shape index (κ2) is 12.2. The number of hydrogen-bond donors (Lipinski definition) is 1. The van der Waals surface area contributed by atoms with Gasteiger partial charge in [-0.05, 0) is 62.3 Å². The van der Waals surface area contributed by atoms with Crippen LogP contribution in [0.2, 0.25) is 0 Å². The van der Waals surface area contributed by atoms with E-state index in [4.69, 9.17) is 28.0 Å². The Morgan fingerprint density at radius 2 is 1.73 bits per heavy atom. The SMILES string of the molecule is C=C(C[C@H]([C@@H](N[S@](=O)C(C)(C)C)[C@H]1OC(C)(C)O[C@@H]1[C@H]1COC(C)(C)O1)[N+](=O)[O-])P(=O)(OCC)OCC. The molecule has 0 bridgehead atoms. The molecule has 37 heavy (non-hydrogen) atoms. The maximum atomic E-state index is 13.3. The molecule has 0 spiro atoms. The molecule has 1 N–H and O–H groups in total. The third-order valence-corrected chi connectivity index (χ3v) is 9.58. The predicted octanol–water partition coefficient (Wildman–Crippen LogP) is 3.89. The van der Waals surface area contributed by atoms with Crippen molar-refractivity contribution < 1.29 is 41.7 Å². The molecule has 0 aromatic carbocycles. The Kier molecular flexibility index (Phi) is 10.7. The molecular formula is C23H43N2O10PS. The molecule has 0 aliphatic carbocycles. The Morgan fingerprint density at radius 3 is 2.16 bits per heavy atom. The second-order valence-corrected chi connectivity index (χ2v) is 15.1. The van der Waals surface area contributed by atoms with Crippen molar-refractivity contribution in [1.82, 2.24) is 4.72 Å². The molecule has 2 aliphatic rings. The number of nitro groups is 1. The average molecular weight is 571 g/mol. The molecule has 0 saturated carbocycles. The zero-order valence-corrected chi connectivity index (χ0v) is 25.0. The highest BCUT2D eigenvalue weighted by Crippen LogP contribution is 2.57. The molecule has 2 saturated heterocycles. The first kappa shape index (κ1) is 32.5. The van der Waals surface area contributed by atoms with Crippen molar-refractivity contribution in [2.75, 3.05) is 19.8 Å². The third kappa shape index (κ3) is 8.36. The highest BCUT2D eigenvalue weighted by Gasteiger charge is 2.56. The van der Waals surface area contributed by atoms with E-state index in [1.165, 1.54) is 0 Å². The highest BCUT2D eigenvalue weighted by atomic mass is 32.2. The normalized spacial score (nSPS) is 28.1. The summed E-state index contributed by atoms with van der Waals surface area (Å²) in [7, 11) is -5.56.